The Morgan fingerprint density at radius 3 is 2.76 bits per heavy atom. The second-order valence-corrected chi connectivity index (χ2v) is 6.79. The van der Waals surface area contributed by atoms with Crippen molar-refractivity contribution in [2.75, 3.05) is 32.1 Å². The van der Waals surface area contributed by atoms with Crippen LogP contribution in [0.2, 0.25) is 5.02 Å². The first-order chi connectivity index (χ1) is 14.2. The largest absolute Gasteiger partial charge is 0.383 e. The standard InChI is InChI=1S/C22H23ClN4O2/c1-29-14-13-25-21-19(22(28)26-12-10-18-7-2-3-11-24-18)8-9-20(27-21)16-5-4-6-17(23)15-16/h2-9,11,15H,10,12-14H2,1H3,(H,25,27)(H,26,28). The minimum atomic E-state index is -0.189. The summed E-state index contributed by atoms with van der Waals surface area (Å²) in [5.41, 5.74) is 3.03. The fourth-order valence-corrected chi connectivity index (χ4v) is 2.99. The Balaban J connectivity index is 1.75. The molecule has 1 aromatic carbocycles. The molecule has 0 bridgehead atoms. The molecule has 0 spiro atoms. The summed E-state index contributed by atoms with van der Waals surface area (Å²) in [7, 11) is 1.63. The minimum absolute atomic E-state index is 0.189. The van der Waals surface area contributed by atoms with Gasteiger partial charge in [-0.05, 0) is 36.4 Å². The molecule has 0 aliphatic rings. The molecule has 0 atom stereocenters. The van der Waals surface area contributed by atoms with Crippen LogP contribution in [0.3, 0.4) is 0 Å². The van der Waals surface area contributed by atoms with Crippen LogP contribution in [0.4, 0.5) is 5.82 Å². The van der Waals surface area contributed by atoms with Gasteiger partial charge in [-0.3, -0.25) is 9.78 Å². The highest BCUT2D eigenvalue weighted by Crippen LogP contribution is 2.24. The van der Waals surface area contributed by atoms with Crippen molar-refractivity contribution in [3.8, 4) is 11.3 Å². The van der Waals surface area contributed by atoms with Crippen LogP contribution < -0.4 is 10.6 Å². The Labute approximate surface area is 175 Å². The van der Waals surface area contributed by atoms with E-state index in [4.69, 9.17) is 16.3 Å². The Morgan fingerprint density at radius 2 is 2.00 bits per heavy atom. The van der Waals surface area contributed by atoms with Gasteiger partial charge < -0.3 is 15.4 Å². The number of nitrogens with one attached hydrogen (secondary N) is 2. The molecule has 7 heteroatoms. The highest BCUT2D eigenvalue weighted by Gasteiger charge is 2.14. The second kappa shape index (κ2) is 10.5. The quantitative estimate of drug-likeness (QED) is 0.524. The third-order valence-corrected chi connectivity index (χ3v) is 4.49. The van der Waals surface area contributed by atoms with Crippen LogP contribution in [0.15, 0.2) is 60.8 Å². The molecule has 0 radical (unpaired) electrons. The number of halogens is 1. The molecule has 0 saturated carbocycles. The van der Waals surface area contributed by atoms with Gasteiger partial charge in [0.05, 0.1) is 17.9 Å². The number of amides is 1. The lowest BCUT2D eigenvalue weighted by atomic mass is 10.1. The zero-order valence-corrected chi connectivity index (χ0v) is 16.9. The molecule has 3 aromatic rings. The highest BCUT2D eigenvalue weighted by molar-refractivity contribution is 6.30. The summed E-state index contributed by atoms with van der Waals surface area (Å²) in [6, 6.07) is 16.8. The van der Waals surface area contributed by atoms with Gasteiger partial charge in [0.1, 0.15) is 5.82 Å². The maximum atomic E-state index is 12.7. The van der Waals surface area contributed by atoms with Crippen molar-refractivity contribution >= 4 is 23.3 Å². The number of benzene rings is 1. The fourth-order valence-electron chi connectivity index (χ4n) is 2.80. The van der Waals surface area contributed by atoms with Crippen LogP contribution in [0.5, 0.6) is 0 Å². The smallest absolute Gasteiger partial charge is 0.255 e. The molecule has 0 unspecified atom stereocenters. The number of carbonyl (C=O) groups excluding carboxylic acids is 1. The van der Waals surface area contributed by atoms with Crippen LogP contribution in [0.1, 0.15) is 16.1 Å². The van der Waals surface area contributed by atoms with Crippen molar-refractivity contribution < 1.29 is 9.53 Å². The number of aromatic nitrogens is 2. The fraction of sp³-hybridized carbons (Fsp3) is 0.227. The van der Waals surface area contributed by atoms with E-state index in [0.717, 1.165) is 17.0 Å². The highest BCUT2D eigenvalue weighted by atomic mass is 35.5. The zero-order valence-electron chi connectivity index (χ0n) is 16.2. The lowest BCUT2D eigenvalue weighted by Crippen LogP contribution is -2.27. The molecular formula is C22H23ClN4O2. The Bertz CT molecular complexity index is 951. The molecular weight excluding hydrogens is 388 g/mol. The number of rotatable bonds is 9. The first kappa shape index (κ1) is 20.8. The maximum Gasteiger partial charge on any atom is 0.255 e. The molecule has 0 saturated heterocycles. The number of carbonyl (C=O) groups is 1. The van der Waals surface area contributed by atoms with Gasteiger partial charge in [-0.25, -0.2) is 4.98 Å². The van der Waals surface area contributed by atoms with Crippen molar-refractivity contribution in [2.24, 2.45) is 0 Å². The van der Waals surface area contributed by atoms with Crippen molar-refractivity contribution in [1.29, 1.82) is 0 Å². The van der Waals surface area contributed by atoms with E-state index in [1.807, 2.05) is 48.5 Å². The minimum Gasteiger partial charge on any atom is -0.383 e. The summed E-state index contributed by atoms with van der Waals surface area (Å²) in [6.45, 7) is 1.53. The Kier molecular flexibility index (Phi) is 7.55. The first-order valence-electron chi connectivity index (χ1n) is 9.35. The second-order valence-electron chi connectivity index (χ2n) is 6.35. The van der Waals surface area contributed by atoms with E-state index in [1.165, 1.54) is 0 Å². The third kappa shape index (κ3) is 6.01. The van der Waals surface area contributed by atoms with E-state index in [0.29, 0.717) is 42.5 Å². The maximum absolute atomic E-state index is 12.7. The molecule has 0 aliphatic heterocycles. The average molecular weight is 411 g/mol. The molecule has 150 valence electrons. The molecule has 2 N–H and O–H groups in total. The van der Waals surface area contributed by atoms with Gasteiger partial charge >= 0.3 is 0 Å². The number of ether oxygens (including phenoxy) is 1. The molecule has 0 aliphatic carbocycles. The molecule has 1 amide bonds. The van der Waals surface area contributed by atoms with Gasteiger partial charge in [0.15, 0.2) is 0 Å². The van der Waals surface area contributed by atoms with Gasteiger partial charge in [-0.15, -0.1) is 0 Å². The number of nitrogens with zero attached hydrogens (tertiary/aromatic N) is 2. The van der Waals surface area contributed by atoms with Crippen LogP contribution in [0.25, 0.3) is 11.3 Å². The van der Waals surface area contributed by atoms with Crippen molar-refractivity contribution in [3.05, 3.63) is 77.1 Å². The third-order valence-electron chi connectivity index (χ3n) is 4.25. The predicted octanol–water partition coefficient (Wildman–Crippen LogP) is 3.83. The summed E-state index contributed by atoms with van der Waals surface area (Å²) in [5, 5.41) is 6.75. The number of methoxy groups -OCH3 is 1. The summed E-state index contributed by atoms with van der Waals surface area (Å²) in [6.07, 6.45) is 2.40. The predicted molar refractivity (Wildman–Crippen MR) is 115 cm³/mol. The molecule has 2 aromatic heterocycles. The molecule has 6 nitrogen and oxygen atoms in total. The van der Waals surface area contributed by atoms with E-state index in [2.05, 4.69) is 20.6 Å². The molecule has 29 heavy (non-hydrogen) atoms. The summed E-state index contributed by atoms with van der Waals surface area (Å²) in [5.74, 6) is 0.320. The van der Waals surface area contributed by atoms with Crippen molar-refractivity contribution in [2.45, 2.75) is 6.42 Å². The van der Waals surface area contributed by atoms with Crippen LogP contribution in [-0.2, 0) is 11.2 Å². The number of hydrogen-bond acceptors (Lipinski definition) is 5. The molecule has 2 heterocycles. The zero-order chi connectivity index (χ0) is 20.5. The summed E-state index contributed by atoms with van der Waals surface area (Å²) >= 11 is 6.10. The lowest BCUT2D eigenvalue weighted by Gasteiger charge is -2.13. The normalized spacial score (nSPS) is 10.6. The molecule has 0 fully saturated rings. The van der Waals surface area contributed by atoms with E-state index in [9.17, 15) is 4.79 Å². The van der Waals surface area contributed by atoms with Crippen LogP contribution in [-0.4, -0.2) is 42.7 Å². The van der Waals surface area contributed by atoms with Crippen molar-refractivity contribution in [1.82, 2.24) is 15.3 Å². The molecule has 3 rings (SSSR count). The van der Waals surface area contributed by atoms with Gasteiger partial charge in [-0.1, -0.05) is 29.8 Å². The first-order valence-corrected chi connectivity index (χ1v) is 9.73. The van der Waals surface area contributed by atoms with Crippen LogP contribution in [0, 0.1) is 0 Å². The Hall–Kier alpha value is -2.96. The van der Waals surface area contributed by atoms with E-state index < -0.39 is 0 Å². The number of hydrogen-bond donors (Lipinski definition) is 2. The van der Waals surface area contributed by atoms with E-state index in [1.54, 1.807) is 19.4 Å². The average Bonchev–Trinajstić information content (AvgIpc) is 2.74. The van der Waals surface area contributed by atoms with E-state index >= 15 is 0 Å². The topological polar surface area (TPSA) is 76.1 Å². The van der Waals surface area contributed by atoms with Crippen molar-refractivity contribution in [3.63, 3.8) is 0 Å². The number of anilines is 1. The van der Waals surface area contributed by atoms with Gasteiger partial charge in [0, 0.05) is 49.1 Å². The SMILES string of the molecule is COCCNc1nc(-c2cccc(Cl)c2)ccc1C(=O)NCCc1ccccn1. The lowest BCUT2D eigenvalue weighted by molar-refractivity contribution is 0.0954. The van der Waals surface area contributed by atoms with E-state index in [-0.39, 0.29) is 5.91 Å². The van der Waals surface area contributed by atoms with Gasteiger partial charge in [-0.2, -0.15) is 0 Å². The van der Waals surface area contributed by atoms with Crippen LogP contribution >= 0.6 is 11.6 Å². The van der Waals surface area contributed by atoms with Gasteiger partial charge in [0.25, 0.3) is 5.91 Å². The monoisotopic (exact) mass is 410 g/mol. The Morgan fingerprint density at radius 1 is 1.10 bits per heavy atom. The number of pyridine rings is 2. The summed E-state index contributed by atoms with van der Waals surface area (Å²) < 4.78 is 5.09. The van der Waals surface area contributed by atoms with Gasteiger partial charge in [0.2, 0.25) is 0 Å². The summed E-state index contributed by atoms with van der Waals surface area (Å²) in [4.78, 5) is 21.6.